The third kappa shape index (κ3) is 1.94. The molecule has 0 N–H and O–H groups in total. The molecule has 1 heterocycles. The van der Waals surface area contributed by atoms with Crippen LogP contribution in [0.15, 0.2) is 6.20 Å². The molecule has 0 aliphatic heterocycles. The third-order valence-corrected chi connectivity index (χ3v) is 1.72. The van der Waals surface area contributed by atoms with Crippen molar-refractivity contribution in [2.45, 2.75) is 19.5 Å². The maximum Gasteiger partial charge on any atom is 0.435 e. The number of hydrogen-bond acceptors (Lipinski definition) is 2. The highest BCUT2D eigenvalue weighted by Crippen LogP contribution is 2.30. The van der Waals surface area contributed by atoms with Gasteiger partial charge in [-0.15, -0.1) is 0 Å². The molecule has 0 aromatic carbocycles. The molecule has 0 bridgehead atoms. The standard InChI is InChI=1S/C8H9F3N2O/c1-3-6(14)5-4-13(2)12-7(5)8(9,10)11/h4H,3H2,1-2H3. The molecular formula is C8H9F3N2O. The van der Waals surface area contributed by atoms with E-state index in [-0.39, 0.29) is 12.0 Å². The molecule has 0 radical (unpaired) electrons. The van der Waals surface area contributed by atoms with Gasteiger partial charge in [0.15, 0.2) is 11.5 Å². The molecule has 0 fully saturated rings. The zero-order valence-corrected chi connectivity index (χ0v) is 7.72. The van der Waals surface area contributed by atoms with Crippen molar-refractivity contribution in [1.29, 1.82) is 0 Å². The second-order valence-electron chi connectivity index (χ2n) is 2.84. The number of carbonyl (C=O) groups is 1. The third-order valence-electron chi connectivity index (χ3n) is 1.72. The Balaban J connectivity index is 3.23. The number of hydrogen-bond donors (Lipinski definition) is 0. The lowest BCUT2D eigenvalue weighted by molar-refractivity contribution is -0.141. The van der Waals surface area contributed by atoms with Crippen LogP contribution in [0.5, 0.6) is 0 Å². The molecule has 0 atom stereocenters. The molecule has 0 aliphatic carbocycles. The lowest BCUT2D eigenvalue weighted by Crippen LogP contribution is -2.12. The van der Waals surface area contributed by atoms with Crippen LogP contribution in [0.2, 0.25) is 0 Å². The Morgan fingerprint density at radius 3 is 2.57 bits per heavy atom. The predicted octanol–water partition coefficient (Wildman–Crippen LogP) is 2.03. The fourth-order valence-electron chi connectivity index (χ4n) is 1.09. The summed E-state index contributed by atoms with van der Waals surface area (Å²) in [6.45, 7) is 1.51. The first kappa shape index (κ1) is 10.7. The normalized spacial score (nSPS) is 11.8. The number of aryl methyl sites for hydroxylation is 1. The Morgan fingerprint density at radius 1 is 1.57 bits per heavy atom. The Bertz CT molecular complexity index is 354. The number of rotatable bonds is 2. The molecule has 1 aromatic rings. The number of Topliss-reactive ketones (excluding diaryl/α,β-unsaturated/α-hetero) is 1. The molecule has 0 amide bonds. The minimum absolute atomic E-state index is 0.0365. The molecule has 78 valence electrons. The summed E-state index contributed by atoms with van der Waals surface area (Å²) in [5, 5.41) is 3.22. The molecule has 6 heteroatoms. The van der Waals surface area contributed by atoms with Crippen LogP contribution in [0, 0.1) is 0 Å². The van der Waals surface area contributed by atoms with Gasteiger partial charge in [-0.3, -0.25) is 9.48 Å². The predicted molar refractivity (Wildman–Crippen MR) is 42.8 cm³/mol. The Kier molecular flexibility index (Phi) is 2.64. The van der Waals surface area contributed by atoms with Gasteiger partial charge >= 0.3 is 6.18 Å². The summed E-state index contributed by atoms with van der Waals surface area (Å²) in [7, 11) is 1.35. The monoisotopic (exact) mass is 206 g/mol. The maximum absolute atomic E-state index is 12.3. The Hall–Kier alpha value is -1.33. The van der Waals surface area contributed by atoms with Crippen molar-refractivity contribution in [3.63, 3.8) is 0 Å². The molecule has 0 spiro atoms. The van der Waals surface area contributed by atoms with Crippen LogP contribution in [0.4, 0.5) is 13.2 Å². The minimum atomic E-state index is -4.57. The maximum atomic E-state index is 12.3. The van der Waals surface area contributed by atoms with E-state index in [1.54, 1.807) is 0 Å². The molecule has 14 heavy (non-hydrogen) atoms. The summed E-state index contributed by atoms with van der Waals surface area (Å²) in [4.78, 5) is 11.1. The van der Waals surface area contributed by atoms with Crippen molar-refractivity contribution >= 4 is 5.78 Å². The highest BCUT2D eigenvalue weighted by Gasteiger charge is 2.38. The summed E-state index contributed by atoms with van der Waals surface area (Å²) in [6.07, 6.45) is -3.44. The summed E-state index contributed by atoms with van der Waals surface area (Å²) >= 11 is 0. The van der Waals surface area contributed by atoms with Gasteiger partial charge in [-0.1, -0.05) is 6.92 Å². The van der Waals surface area contributed by atoms with Crippen molar-refractivity contribution in [3.8, 4) is 0 Å². The van der Waals surface area contributed by atoms with Gasteiger partial charge in [-0.2, -0.15) is 18.3 Å². The van der Waals surface area contributed by atoms with Gasteiger partial charge in [0.2, 0.25) is 0 Å². The van der Waals surface area contributed by atoms with Crippen LogP contribution < -0.4 is 0 Å². The van der Waals surface area contributed by atoms with Gasteiger partial charge in [0.05, 0.1) is 5.56 Å². The van der Waals surface area contributed by atoms with Crippen LogP contribution in [-0.4, -0.2) is 15.6 Å². The number of halogens is 3. The highest BCUT2D eigenvalue weighted by atomic mass is 19.4. The average Bonchev–Trinajstić information content (AvgIpc) is 2.45. The topological polar surface area (TPSA) is 34.9 Å². The Morgan fingerprint density at radius 2 is 2.14 bits per heavy atom. The number of carbonyl (C=O) groups excluding carboxylic acids is 1. The lowest BCUT2D eigenvalue weighted by atomic mass is 10.1. The van der Waals surface area contributed by atoms with E-state index < -0.39 is 17.7 Å². The molecular weight excluding hydrogens is 197 g/mol. The zero-order valence-electron chi connectivity index (χ0n) is 7.72. The molecule has 0 unspecified atom stereocenters. The number of alkyl halides is 3. The summed E-state index contributed by atoms with van der Waals surface area (Å²) in [5.74, 6) is -0.551. The van der Waals surface area contributed by atoms with Crippen molar-refractivity contribution < 1.29 is 18.0 Å². The van der Waals surface area contributed by atoms with Crippen molar-refractivity contribution in [2.24, 2.45) is 7.05 Å². The molecule has 0 saturated carbocycles. The molecule has 3 nitrogen and oxygen atoms in total. The first-order valence-corrected chi connectivity index (χ1v) is 4.00. The van der Waals surface area contributed by atoms with E-state index in [2.05, 4.69) is 5.10 Å². The average molecular weight is 206 g/mol. The highest BCUT2D eigenvalue weighted by molar-refractivity contribution is 5.96. The van der Waals surface area contributed by atoms with Gasteiger partial charge in [0, 0.05) is 19.7 Å². The van der Waals surface area contributed by atoms with E-state index in [4.69, 9.17) is 0 Å². The van der Waals surface area contributed by atoms with Crippen LogP contribution in [0.3, 0.4) is 0 Å². The van der Waals surface area contributed by atoms with Crippen molar-refractivity contribution in [1.82, 2.24) is 9.78 Å². The van der Waals surface area contributed by atoms with E-state index in [1.165, 1.54) is 14.0 Å². The first-order chi connectivity index (χ1) is 6.36. The van der Waals surface area contributed by atoms with Crippen LogP contribution >= 0.6 is 0 Å². The van der Waals surface area contributed by atoms with Crippen molar-refractivity contribution in [3.05, 3.63) is 17.5 Å². The quantitative estimate of drug-likeness (QED) is 0.694. The SMILES string of the molecule is CCC(=O)c1cn(C)nc1C(F)(F)F. The van der Waals surface area contributed by atoms with E-state index >= 15 is 0 Å². The van der Waals surface area contributed by atoms with Crippen LogP contribution in [-0.2, 0) is 13.2 Å². The summed E-state index contributed by atoms with van der Waals surface area (Å²) < 4.78 is 38.0. The summed E-state index contributed by atoms with van der Waals surface area (Å²) in [5.41, 5.74) is -1.46. The lowest BCUT2D eigenvalue weighted by Gasteiger charge is -2.03. The fourth-order valence-corrected chi connectivity index (χ4v) is 1.09. The smallest absolute Gasteiger partial charge is 0.294 e. The van der Waals surface area contributed by atoms with E-state index in [0.717, 1.165) is 10.9 Å². The van der Waals surface area contributed by atoms with Gasteiger partial charge in [0.25, 0.3) is 0 Å². The van der Waals surface area contributed by atoms with E-state index in [0.29, 0.717) is 0 Å². The van der Waals surface area contributed by atoms with Crippen LogP contribution in [0.1, 0.15) is 29.4 Å². The second kappa shape index (κ2) is 3.43. The van der Waals surface area contributed by atoms with Crippen molar-refractivity contribution in [2.75, 3.05) is 0 Å². The van der Waals surface area contributed by atoms with E-state index in [9.17, 15) is 18.0 Å². The number of ketones is 1. The molecule has 0 saturated heterocycles. The zero-order chi connectivity index (χ0) is 10.9. The van der Waals surface area contributed by atoms with Gasteiger partial charge in [0.1, 0.15) is 0 Å². The second-order valence-corrected chi connectivity index (χ2v) is 2.84. The largest absolute Gasteiger partial charge is 0.435 e. The number of aromatic nitrogens is 2. The molecule has 1 aromatic heterocycles. The summed E-state index contributed by atoms with van der Waals surface area (Å²) in [6, 6.07) is 0. The van der Waals surface area contributed by atoms with Crippen LogP contribution in [0.25, 0.3) is 0 Å². The van der Waals surface area contributed by atoms with Gasteiger partial charge in [-0.05, 0) is 0 Å². The fraction of sp³-hybridized carbons (Fsp3) is 0.500. The minimum Gasteiger partial charge on any atom is -0.294 e. The van der Waals surface area contributed by atoms with E-state index in [1.807, 2.05) is 0 Å². The van der Waals surface area contributed by atoms with Gasteiger partial charge in [-0.25, -0.2) is 0 Å². The number of nitrogens with zero attached hydrogens (tertiary/aromatic N) is 2. The molecule has 1 rings (SSSR count). The van der Waals surface area contributed by atoms with Gasteiger partial charge < -0.3 is 0 Å². The molecule has 0 aliphatic rings. The first-order valence-electron chi connectivity index (χ1n) is 4.00. The Labute approximate surface area is 78.5 Å².